The third-order valence-electron chi connectivity index (χ3n) is 2.69. The number of hydrogen-bond acceptors (Lipinski definition) is 4. The SMILES string of the molecule is CCOC(=O)C/C(=C/Sc1ccccc1)Sc1ccccc1. The monoisotopic (exact) mass is 330 g/mol. The topological polar surface area (TPSA) is 26.3 Å². The average molecular weight is 330 g/mol. The van der Waals surface area contributed by atoms with Gasteiger partial charge in [0, 0.05) is 14.7 Å². The maximum Gasteiger partial charge on any atom is 0.310 e. The van der Waals surface area contributed by atoms with Gasteiger partial charge >= 0.3 is 5.97 Å². The summed E-state index contributed by atoms with van der Waals surface area (Å²) in [5, 5.41) is 2.03. The summed E-state index contributed by atoms with van der Waals surface area (Å²) in [4.78, 5) is 15.0. The molecule has 0 N–H and O–H groups in total. The molecule has 2 aromatic rings. The molecule has 0 amide bonds. The summed E-state index contributed by atoms with van der Waals surface area (Å²) < 4.78 is 5.06. The van der Waals surface area contributed by atoms with Crippen molar-refractivity contribution in [1.82, 2.24) is 0 Å². The normalized spacial score (nSPS) is 11.2. The zero-order chi connectivity index (χ0) is 15.6. The van der Waals surface area contributed by atoms with Gasteiger partial charge in [0.25, 0.3) is 0 Å². The Balaban J connectivity index is 2.08. The van der Waals surface area contributed by atoms with Gasteiger partial charge in [-0.3, -0.25) is 4.79 Å². The first kappa shape index (κ1) is 16.7. The molecular weight excluding hydrogens is 312 g/mol. The van der Waals surface area contributed by atoms with Crippen LogP contribution in [0.5, 0.6) is 0 Å². The fraction of sp³-hybridized carbons (Fsp3) is 0.167. The van der Waals surface area contributed by atoms with Crippen molar-refractivity contribution in [3.63, 3.8) is 0 Å². The van der Waals surface area contributed by atoms with Gasteiger partial charge in [0.2, 0.25) is 0 Å². The fourth-order valence-electron chi connectivity index (χ4n) is 1.73. The van der Waals surface area contributed by atoms with Crippen LogP contribution in [0.15, 0.2) is 80.8 Å². The molecule has 114 valence electrons. The van der Waals surface area contributed by atoms with Crippen LogP contribution in [0.4, 0.5) is 0 Å². The predicted octanol–water partition coefficient (Wildman–Crippen LogP) is 5.37. The van der Waals surface area contributed by atoms with Gasteiger partial charge in [-0.1, -0.05) is 59.9 Å². The van der Waals surface area contributed by atoms with Crippen molar-refractivity contribution in [3.05, 3.63) is 71.0 Å². The molecule has 2 nitrogen and oxygen atoms in total. The number of carbonyl (C=O) groups excluding carboxylic acids is 1. The maximum absolute atomic E-state index is 11.8. The predicted molar refractivity (Wildman–Crippen MR) is 93.9 cm³/mol. The summed E-state index contributed by atoms with van der Waals surface area (Å²) in [6, 6.07) is 20.2. The van der Waals surface area contributed by atoms with Crippen LogP contribution in [0.1, 0.15) is 13.3 Å². The zero-order valence-corrected chi connectivity index (χ0v) is 14.0. The summed E-state index contributed by atoms with van der Waals surface area (Å²) in [5.74, 6) is -0.189. The van der Waals surface area contributed by atoms with Crippen molar-refractivity contribution in [2.24, 2.45) is 0 Å². The molecule has 0 fully saturated rings. The van der Waals surface area contributed by atoms with Gasteiger partial charge in [-0.15, -0.1) is 0 Å². The molecule has 2 rings (SSSR count). The summed E-state index contributed by atoms with van der Waals surface area (Å²) in [6.45, 7) is 2.23. The Hall–Kier alpha value is -1.65. The number of esters is 1. The summed E-state index contributed by atoms with van der Waals surface area (Å²) in [7, 11) is 0. The van der Waals surface area contributed by atoms with Gasteiger partial charge in [-0.25, -0.2) is 0 Å². The van der Waals surface area contributed by atoms with E-state index in [0.29, 0.717) is 13.0 Å². The van der Waals surface area contributed by atoms with Gasteiger partial charge in [0.15, 0.2) is 0 Å². The molecule has 4 heteroatoms. The van der Waals surface area contributed by atoms with Crippen LogP contribution < -0.4 is 0 Å². The van der Waals surface area contributed by atoms with E-state index in [1.165, 1.54) is 0 Å². The zero-order valence-electron chi connectivity index (χ0n) is 12.4. The van der Waals surface area contributed by atoms with Crippen molar-refractivity contribution in [2.45, 2.75) is 23.1 Å². The lowest BCUT2D eigenvalue weighted by Crippen LogP contribution is -2.03. The molecule has 0 aliphatic carbocycles. The Morgan fingerprint density at radius 1 is 1.00 bits per heavy atom. The van der Waals surface area contributed by atoms with Crippen LogP contribution >= 0.6 is 23.5 Å². The maximum atomic E-state index is 11.8. The van der Waals surface area contributed by atoms with Gasteiger partial charge in [0.1, 0.15) is 0 Å². The van der Waals surface area contributed by atoms with E-state index in [9.17, 15) is 4.79 Å². The number of rotatable bonds is 7. The number of thioether (sulfide) groups is 2. The summed E-state index contributed by atoms with van der Waals surface area (Å²) in [5.41, 5.74) is 0. The molecule has 2 aromatic carbocycles. The minimum Gasteiger partial charge on any atom is -0.466 e. The average Bonchev–Trinajstić information content (AvgIpc) is 2.55. The van der Waals surface area contributed by atoms with Gasteiger partial charge in [-0.2, -0.15) is 0 Å². The first-order chi connectivity index (χ1) is 10.8. The second kappa shape index (κ2) is 9.38. The fourth-order valence-corrected chi connectivity index (χ4v) is 3.52. The molecule has 0 aliphatic heterocycles. The largest absolute Gasteiger partial charge is 0.466 e. The molecule has 0 saturated carbocycles. The van der Waals surface area contributed by atoms with Gasteiger partial charge in [-0.05, 0) is 36.6 Å². The molecule has 0 aliphatic rings. The Morgan fingerprint density at radius 3 is 2.18 bits per heavy atom. The Labute approximate surface area is 140 Å². The highest BCUT2D eigenvalue weighted by Gasteiger charge is 2.09. The number of benzene rings is 2. The summed E-state index contributed by atoms with van der Waals surface area (Å²) in [6.07, 6.45) is 0.299. The van der Waals surface area contributed by atoms with E-state index in [2.05, 4.69) is 12.1 Å². The quantitative estimate of drug-likeness (QED) is 0.504. The molecule has 0 bridgehead atoms. The molecular formula is C18H18O2S2. The standard InChI is InChI=1S/C18H18O2S2/c1-2-20-18(19)13-17(22-16-11-7-4-8-12-16)14-21-15-9-5-3-6-10-15/h3-12,14H,2,13H2,1H3/b17-14-. The smallest absolute Gasteiger partial charge is 0.310 e. The van der Waals surface area contributed by atoms with E-state index >= 15 is 0 Å². The third kappa shape index (κ3) is 6.00. The van der Waals surface area contributed by atoms with Crippen molar-refractivity contribution in [3.8, 4) is 0 Å². The number of hydrogen-bond donors (Lipinski definition) is 0. The van der Waals surface area contributed by atoms with E-state index in [1.54, 1.807) is 23.5 Å². The molecule has 0 aromatic heterocycles. The van der Waals surface area contributed by atoms with Crippen molar-refractivity contribution in [1.29, 1.82) is 0 Å². The van der Waals surface area contributed by atoms with Crippen molar-refractivity contribution >= 4 is 29.5 Å². The first-order valence-corrected chi connectivity index (χ1v) is 8.77. The minimum absolute atomic E-state index is 0.189. The van der Waals surface area contributed by atoms with Crippen LogP contribution in [0.3, 0.4) is 0 Å². The van der Waals surface area contributed by atoms with Crippen LogP contribution in [0, 0.1) is 0 Å². The van der Waals surface area contributed by atoms with Crippen LogP contribution in [-0.4, -0.2) is 12.6 Å². The van der Waals surface area contributed by atoms with E-state index in [1.807, 2.05) is 60.9 Å². The molecule has 0 heterocycles. The lowest BCUT2D eigenvalue weighted by molar-refractivity contribution is -0.142. The van der Waals surface area contributed by atoms with Crippen molar-refractivity contribution < 1.29 is 9.53 Å². The lowest BCUT2D eigenvalue weighted by atomic mass is 10.4. The Morgan fingerprint density at radius 2 is 1.59 bits per heavy atom. The minimum atomic E-state index is -0.189. The highest BCUT2D eigenvalue weighted by atomic mass is 32.2. The first-order valence-electron chi connectivity index (χ1n) is 7.07. The van der Waals surface area contributed by atoms with E-state index in [-0.39, 0.29) is 5.97 Å². The molecule has 22 heavy (non-hydrogen) atoms. The molecule has 0 spiro atoms. The van der Waals surface area contributed by atoms with E-state index in [0.717, 1.165) is 14.7 Å². The summed E-state index contributed by atoms with van der Waals surface area (Å²) >= 11 is 3.22. The Bertz CT molecular complexity index is 609. The lowest BCUT2D eigenvalue weighted by Gasteiger charge is -2.07. The number of ether oxygens (including phenoxy) is 1. The van der Waals surface area contributed by atoms with E-state index < -0.39 is 0 Å². The molecule has 0 atom stereocenters. The van der Waals surface area contributed by atoms with Gasteiger partial charge < -0.3 is 4.74 Å². The van der Waals surface area contributed by atoms with Crippen LogP contribution in [0.2, 0.25) is 0 Å². The van der Waals surface area contributed by atoms with E-state index in [4.69, 9.17) is 4.74 Å². The highest BCUT2D eigenvalue weighted by Crippen LogP contribution is 2.32. The number of carbonyl (C=O) groups is 1. The molecule has 0 radical (unpaired) electrons. The highest BCUT2D eigenvalue weighted by molar-refractivity contribution is 8.06. The molecule has 0 saturated heterocycles. The van der Waals surface area contributed by atoms with Crippen molar-refractivity contribution in [2.75, 3.05) is 6.61 Å². The van der Waals surface area contributed by atoms with Crippen LogP contribution in [-0.2, 0) is 9.53 Å². The molecule has 0 unspecified atom stereocenters. The second-order valence-corrected chi connectivity index (χ2v) is 6.55. The third-order valence-corrected chi connectivity index (χ3v) is 4.81. The van der Waals surface area contributed by atoms with Gasteiger partial charge in [0.05, 0.1) is 13.0 Å². The second-order valence-electron chi connectivity index (χ2n) is 4.41. The Kier molecular flexibility index (Phi) is 7.13. The van der Waals surface area contributed by atoms with Crippen LogP contribution in [0.25, 0.3) is 0 Å².